The Morgan fingerprint density at radius 3 is 2.55 bits per heavy atom. The molecule has 0 aliphatic carbocycles. The van der Waals surface area contributed by atoms with Gasteiger partial charge in [0.2, 0.25) is 11.8 Å². The maximum Gasteiger partial charge on any atom is 0.238 e. The number of aryl methyl sites for hydroxylation is 2. The van der Waals surface area contributed by atoms with E-state index in [4.69, 9.17) is 27.9 Å². The zero-order valence-electron chi connectivity index (χ0n) is 21.9. The second-order valence-electron chi connectivity index (χ2n) is 10.2. The highest BCUT2D eigenvalue weighted by molar-refractivity contribution is 9.10. The minimum absolute atomic E-state index is 0.0946. The molecule has 2 N–H and O–H groups in total. The van der Waals surface area contributed by atoms with Crippen molar-refractivity contribution in [2.24, 2.45) is 7.05 Å². The molecule has 2 aliphatic rings. The lowest BCUT2D eigenvalue weighted by Gasteiger charge is -2.46. The van der Waals surface area contributed by atoms with Crippen LogP contribution < -0.4 is 15.4 Å². The second kappa shape index (κ2) is 9.94. The van der Waals surface area contributed by atoms with Gasteiger partial charge in [0.25, 0.3) is 0 Å². The number of ether oxygens (including phenoxy) is 1. The van der Waals surface area contributed by atoms with Gasteiger partial charge < -0.3 is 15.4 Å². The highest BCUT2D eigenvalue weighted by atomic mass is 79.9. The van der Waals surface area contributed by atoms with Gasteiger partial charge in [-0.25, -0.2) is 0 Å². The van der Waals surface area contributed by atoms with Gasteiger partial charge >= 0.3 is 0 Å². The van der Waals surface area contributed by atoms with Crippen molar-refractivity contribution in [3.63, 3.8) is 0 Å². The smallest absolute Gasteiger partial charge is 0.238 e. The Morgan fingerprint density at radius 1 is 1.05 bits per heavy atom. The van der Waals surface area contributed by atoms with E-state index in [2.05, 4.69) is 31.7 Å². The van der Waals surface area contributed by atoms with Crippen LogP contribution in [0, 0.1) is 13.8 Å². The van der Waals surface area contributed by atoms with Crippen LogP contribution in [0.15, 0.2) is 65.1 Å². The van der Waals surface area contributed by atoms with Crippen molar-refractivity contribution in [3.8, 4) is 11.5 Å². The van der Waals surface area contributed by atoms with Crippen molar-refractivity contribution >= 4 is 56.6 Å². The Morgan fingerprint density at radius 2 is 1.82 bits per heavy atom. The number of anilines is 1. The highest BCUT2D eigenvalue weighted by Crippen LogP contribution is 2.59. The summed E-state index contributed by atoms with van der Waals surface area (Å²) in [6.45, 7) is 3.81. The molecule has 2 aliphatic heterocycles. The molecule has 7 nitrogen and oxygen atoms in total. The molecule has 1 fully saturated rings. The lowest BCUT2D eigenvalue weighted by atomic mass is 9.59. The molecule has 40 heavy (non-hydrogen) atoms. The summed E-state index contributed by atoms with van der Waals surface area (Å²) < 4.78 is 9.04. The number of aromatic nitrogens is 2. The zero-order valence-corrected chi connectivity index (χ0v) is 25.0. The molecular formula is C30H25BrCl2N4O3. The van der Waals surface area contributed by atoms with E-state index in [9.17, 15) is 9.59 Å². The molecule has 0 saturated carbocycles. The van der Waals surface area contributed by atoms with Crippen LogP contribution in [0.1, 0.15) is 46.5 Å². The number of amides is 2. The van der Waals surface area contributed by atoms with E-state index in [1.807, 2.05) is 63.4 Å². The summed E-state index contributed by atoms with van der Waals surface area (Å²) in [4.78, 5) is 27.8. The van der Waals surface area contributed by atoms with Gasteiger partial charge in [0.1, 0.15) is 16.9 Å². The summed E-state index contributed by atoms with van der Waals surface area (Å²) in [5, 5.41) is 11.7. The molecule has 2 amide bonds. The first-order valence-corrected chi connectivity index (χ1v) is 14.3. The van der Waals surface area contributed by atoms with Gasteiger partial charge in [-0.3, -0.25) is 14.3 Å². The molecule has 3 aromatic carbocycles. The van der Waals surface area contributed by atoms with E-state index in [1.165, 1.54) is 0 Å². The van der Waals surface area contributed by atoms with Crippen LogP contribution in [0.25, 0.3) is 0 Å². The minimum Gasteiger partial charge on any atom is -0.453 e. The third kappa shape index (κ3) is 4.21. The third-order valence-electron chi connectivity index (χ3n) is 7.94. The minimum atomic E-state index is -1.23. The maximum atomic E-state index is 14.3. The van der Waals surface area contributed by atoms with Gasteiger partial charge in [0.05, 0.1) is 11.7 Å². The molecule has 10 heteroatoms. The molecule has 1 saturated heterocycles. The normalized spacial score (nSPS) is 21.8. The number of hydrogen-bond donors (Lipinski definition) is 2. The maximum absolute atomic E-state index is 14.3. The highest BCUT2D eigenvalue weighted by Gasteiger charge is 2.61. The van der Waals surface area contributed by atoms with Gasteiger partial charge in [0, 0.05) is 45.2 Å². The molecule has 3 atom stereocenters. The molecule has 4 aromatic rings. The van der Waals surface area contributed by atoms with E-state index < -0.39 is 17.4 Å². The number of halogens is 3. The average molecular weight is 640 g/mol. The first kappa shape index (κ1) is 26.9. The fourth-order valence-corrected chi connectivity index (χ4v) is 6.87. The van der Waals surface area contributed by atoms with E-state index in [1.54, 1.807) is 22.9 Å². The summed E-state index contributed by atoms with van der Waals surface area (Å²) >= 11 is 16.4. The predicted molar refractivity (Wildman–Crippen MR) is 158 cm³/mol. The lowest BCUT2D eigenvalue weighted by Crippen LogP contribution is -2.56. The Hall–Kier alpha value is -3.33. The van der Waals surface area contributed by atoms with Crippen LogP contribution in [0.4, 0.5) is 5.69 Å². The number of rotatable bonds is 4. The first-order valence-electron chi connectivity index (χ1n) is 12.7. The fraction of sp³-hybridized carbons (Fsp3) is 0.233. The van der Waals surface area contributed by atoms with E-state index >= 15 is 0 Å². The van der Waals surface area contributed by atoms with Gasteiger partial charge in [-0.2, -0.15) is 5.10 Å². The summed E-state index contributed by atoms with van der Waals surface area (Å²) in [7, 11) is 1.86. The number of carbonyl (C=O) groups is 2. The lowest BCUT2D eigenvalue weighted by molar-refractivity contribution is -0.131. The van der Waals surface area contributed by atoms with Crippen molar-refractivity contribution in [1.29, 1.82) is 0 Å². The van der Waals surface area contributed by atoms with E-state index in [-0.39, 0.29) is 18.2 Å². The quantitative estimate of drug-likeness (QED) is 0.249. The fourth-order valence-electron chi connectivity index (χ4n) is 6.12. The van der Waals surface area contributed by atoms with Gasteiger partial charge in [-0.05, 0) is 67.4 Å². The van der Waals surface area contributed by atoms with Gasteiger partial charge in [0.15, 0.2) is 5.75 Å². The summed E-state index contributed by atoms with van der Waals surface area (Å²) in [6, 6.07) is 17.5. The molecule has 1 aromatic heterocycles. The molecule has 1 spiro atoms. The molecule has 6 rings (SSSR count). The molecule has 0 unspecified atom stereocenters. The monoisotopic (exact) mass is 638 g/mol. The molecule has 3 heterocycles. The van der Waals surface area contributed by atoms with Crippen molar-refractivity contribution in [2.45, 2.75) is 37.6 Å². The second-order valence-corrected chi connectivity index (χ2v) is 12.0. The molecular weight excluding hydrogens is 615 g/mol. The van der Waals surface area contributed by atoms with Crippen molar-refractivity contribution in [3.05, 3.63) is 103 Å². The SMILES string of the molecule is Cc1nn(C)c(C)c1Oc1ccc(Br)cc1[C@H]1NC(=O)C[C@@H](c2cccc(Cl)c2)[C@]12C(=O)Nc1cc(Cl)ccc12. The summed E-state index contributed by atoms with van der Waals surface area (Å²) in [5.74, 6) is 0.182. The number of fused-ring (bicyclic) bond motifs is 2. The first-order chi connectivity index (χ1) is 19.1. The summed E-state index contributed by atoms with van der Waals surface area (Å²) in [5.41, 5.74) is 3.16. The van der Waals surface area contributed by atoms with E-state index in [0.717, 1.165) is 27.0 Å². The topological polar surface area (TPSA) is 85.2 Å². The Labute approximate surface area is 249 Å². The van der Waals surface area contributed by atoms with Crippen molar-refractivity contribution < 1.29 is 14.3 Å². The Balaban J connectivity index is 1.62. The van der Waals surface area contributed by atoms with Crippen LogP contribution >= 0.6 is 39.1 Å². The van der Waals surface area contributed by atoms with Gasteiger partial charge in [-0.15, -0.1) is 0 Å². The van der Waals surface area contributed by atoms with Gasteiger partial charge in [-0.1, -0.05) is 57.3 Å². The van der Waals surface area contributed by atoms with Crippen molar-refractivity contribution in [1.82, 2.24) is 15.1 Å². The number of hydrogen-bond acceptors (Lipinski definition) is 4. The zero-order chi connectivity index (χ0) is 28.3. The number of carbonyl (C=O) groups excluding carboxylic acids is 2. The number of piperidine rings is 1. The standard InChI is InChI=1S/C30H25BrCl2N4O3/c1-15-27(16(2)37(3)36-15)40-25-10-7-18(31)12-21(25)28-30(22-9-8-20(33)13-24(22)34-29(30)39)23(14-26(38)35-28)17-5-4-6-19(32)11-17/h4-13,23,28H,14H2,1-3H3,(H,34,39)(H,35,38)/t23-,28+,30-/m0/s1. The number of nitrogens with one attached hydrogen (secondary N) is 2. The van der Waals surface area contributed by atoms with Crippen LogP contribution in [-0.4, -0.2) is 21.6 Å². The molecule has 0 bridgehead atoms. The molecule has 0 radical (unpaired) electrons. The third-order valence-corrected chi connectivity index (χ3v) is 8.90. The largest absolute Gasteiger partial charge is 0.453 e. The van der Waals surface area contributed by atoms with Crippen LogP contribution in [0.2, 0.25) is 10.0 Å². The number of benzene rings is 3. The Kier molecular flexibility index (Phi) is 6.68. The Bertz CT molecular complexity index is 1700. The number of nitrogens with zero attached hydrogens (tertiary/aromatic N) is 2. The van der Waals surface area contributed by atoms with Crippen LogP contribution in [0.3, 0.4) is 0 Å². The van der Waals surface area contributed by atoms with E-state index in [0.29, 0.717) is 32.8 Å². The van der Waals surface area contributed by atoms with Crippen LogP contribution in [0.5, 0.6) is 11.5 Å². The van der Waals surface area contributed by atoms with Crippen LogP contribution in [-0.2, 0) is 22.1 Å². The van der Waals surface area contributed by atoms with Crippen molar-refractivity contribution in [2.75, 3.05) is 5.32 Å². The molecule has 204 valence electrons. The average Bonchev–Trinajstić information content (AvgIpc) is 3.32. The summed E-state index contributed by atoms with van der Waals surface area (Å²) in [6.07, 6.45) is 0.0946. The predicted octanol–water partition coefficient (Wildman–Crippen LogP) is 7.13.